The fourth-order valence-corrected chi connectivity index (χ4v) is 5.99. The number of para-hydroxylation sites is 1. The van der Waals surface area contributed by atoms with Gasteiger partial charge in [0.15, 0.2) is 0 Å². The van der Waals surface area contributed by atoms with Crippen LogP contribution in [0.15, 0.2) is 24.3 Å². The summed E-state index contributed by atoms with van der Waals surface area (Å²) in [6.07, 6.45) is 3.79. The number of benzene rings is 1. The Morgan fingerprint density at radius 3 is 2.56 bits per heavy atom. The average Bonchev–Trinajstić information content (AvgIpc) is 3.37. The molecule has 1 aromatic carbocycles. The van der Waals surface area contributed by atoms with E-state index in [2.05, 4.69) is 26.1 Å². The molecule has 1 saturated heterocycles. The molecule has 7 nitrogen and oxygen atoms in total. The molecule has 1 heterocycles. The minimum absolute atomic E-state index is 0.0169. The zero-order chi connectivity index (χ0) is 23.1. The highest BCUT2D eigenvalue weighted by Gasteiger charge is 2.63. The standard InChI is InChI=1S/C25H34N2O5/c1-5-31-23(30)26-18-10-7-6-9-17(18)21(28)27-14-8-11-19(27)22(29)32-20-15-16-12-13-25(20,4)24(16,2)3/h6-7,9-10,16,19-20H,5,8,11-15H2,1-4H3,(H,26,30)/t16-,19-,20+,25+/m0/s1. The highest BCUT2D eigenvalue weighted by atomic mass is 16.6. The summed E-state index contributed by atoms with van der Waals surface area (Å²) in [4.78, 5) is 40.1. The number of nitrogens with zero attached hydrogens (tertiary/aromatic N) is 1. The van der Waals surface area contributed by atoms with Crippen LogP contribution in [0, 0.1) is 16.7 Å². The number of carbonyl (C=O) groups excluding carboxylic acids is 3. The Kier molecular flexibility index (Phi) is 5.94. The zero-order valence-electron chi connectivity index (χ0n) is 19.5. The molecule has 3 aliphatic rings. The summed E-state index contributed by atoms with van der Waals surface area (Å²) in [5.74, 6) is -0.00923. The van der Waals surface area contributed by atoms with Gasteiger partial charge in [-0.05, 0) is 62.5 Å². The lowest BCUT2D eigenvalue weighted by Gasteiger charge is -2.39. The van der Waals surface area contributed by atoms with E-state index >= 15 is 0 Å². The van der Waals surface area contributed by atoms with Crippen molar-refractivity contribution in [1.82, 2.24) is 4.90 Å². The van der Waals surface area contributed by atoms with E-state index in [0.717, 1.165) is 19.3 Å². The Hall–Kier alpha value is -2.57. The number of carbonyl (C=O) groups is 3. The molecule has 174 valence electrons. The Balaban J connectivity index is 1.48. The van der Waals surface area contributed by atoms with Gasteiger partial charge in [-0.1, -0.05) is 32.9 Å². The van der Waals surface area contributed by atoms with E-state index in [1.165, 1.54) is 6.42 Å². The molecule has 0 aromatic heterocycles. The van der Waals surface area contributed by atoms with E-state index in [9.17, 15) is 14.4 Å². The quantitative estimate of drug-likeness (QED) is 0.673. The first-order valence-corrected chi connectivity index (χ1v) is 11.7. The predicted molar refractivity (Wildman–Crippen MR) is 120 cm³/mol. The van der Waals surface area contributed by atoms with Crippen molar-refractivity contribution in [3.63, 3.8) is 0 Å². The SMILES string of the molecule is CCOC(=O)Nc1ccccc1C(=O)N1CCC[C@H]1C(=O)O[C@@H]1C[C@@H]2CC[C@@]1(C)C2(C)C. The summed E-state index contributed by atoms with van der Waals surface area (Å²) in [5.41, 5.74) is 0.850. The smallest absolute Gasteiger partial charge is 0.411 e. The molecule has 0 spiro atoms. The number of hydrogen-bond acceptors (Lipinski definition) is 5. The summed E-state index contributed by atoms with van der Waals surface area (Å²) >= 11 is 0. The van der Waals surface area contributed by atoms with Crippen LogP contribution >= 0.6 is 0 Å². The van der Waals surface area contributed by atoms with E-state index in [1.807, 2.05) is 0 Å². The molecule has 2 amide bonds. The maximum atomic E-state index is 13.4. The normalized spacial score (nSPS) is 30.2. The highest BCUT2D eigenvalue weighted by molar-refractivity contribution is 6.04. The molecule has 4 rings (SSSR count). The van der Waals surface area contributed by atoms with E-state index in [0.29, 0.717) is 30.1 Å². The summed E-state index contributed by atoms with van der Waals surface area (Å²) in [6, 6.07) is 6.20. The lowest BCUT2D eigenvalue weighted by Crippen LogP contribution is -2.45. The van der Waals surface area contributed by atoms with Crippen molar-refractivity contribution in [1.29, 1.82) is 0 Å². The van der Waals surface area contributed by atoms with Crippen LogP contribution in [0.25, 0.3) is 0 Å². The van der Waals surface area contributed by atoms with Gasteiger partial charge in [0.1, 0.15) is 12.1 Å². The maximum Gasteiger partial charge on any atom is 0.411 e. The van der Waals surface area contributed by atoms with Gasteiger partial charge in [-0.15, -0.1) is 0 Å². The maximum absolute atomic E-state index is 13.4. The van der Waals surface area contributed by atoms with Gasteiger partial charge in [-0.3, -0.25) is 10.1 Å². The topological polar surface area (TPSA) is 84.9 Å². The summed E-state index contributed by atoms with van der Waals surface area (Å²) in [5, 5.41) is 2.63. The number of anilines is 1. The summed E-state index contributed by atoms with van der Waals surface area (Å²) in [6.45, 7) is 9.26. The van der Waals surface area contributed by atoms with E-state index in [-0.39, 0.29) is 35.4 Å². The number of esters is 1. The van der Waals surface area contributed by atoms with Crippen molar-refractivity contribution >= 4 is 23.7 Å². The van der Waals surface area contributed by atoms with Gasteiger partial charge >= 0.3 is 12.1 Å². The Labute approximate surface area is 189 Å². The molecule has 3 fully saturated rings. The molecule has 1 N–H and O–H groups in total. The van der Waals surface area contributed by atoms with Crippen LogP contribution in [0.1, 0.15) is 70.2 Å². The van der Waals surface area contributed by atoms with E-state index < -0.39 is 12.1 Å². The van der Waals surface area contributed by atoms with Crippen molar-refractivity contribution in [3.8, 4) is 0 Å². The van der Waals surface area contributed by atoms with Crippen LogP contribution in [0.4, 0.5) is 10.5 Å². The van der Waals surface area contributed by atoms with Gasteiger partial charge in [0.05, 0.1) is 17.9 Å². The minimum atomic E-state index is -0.614. The first kappa shape index (κ1) is 22.6. The van der Waals surface area contributed by atoms with Gasteiger partial charge in [-0.2, -0.15) is 0 Å². The fourth-order valence-electron chi connectivity index (χ4n) is 5.99. The third-order valence-corrected chi connectivity index (χ3v) is 8.43. The Morgan fingerprint density at radius 2 is 1.91 bits per heavy atom. The number of rotatable bonds is 5. The highest BCUT2D eigenvalue weighted by Crippen LogP contribution is 2.66. The van der Waals surface area contributed by atoms with Crippen molar-refractivity contribution in [2.45, 2.75) is 71.9 Å². The van der Waals surface area contributed by atoms with Gasteiger partial charge in [0.2, 0.25) is 0 Å². The molecule has 0 unspecified atom stereocenters. The molecule has 1 aromatic rings. The van der Waals surface area contributed by atoms with Crippen LogP contribution in [0.3, 0.4) is 0 Å². The third kappa shape index (κ3) is 3.65. The second-order valence-corrected chi connectivity index (χ2v) is 10.1. The minimum Gasteiger partial charge on any atom is -0.460 e. The summed E-state index contributed by atoms with van der Waals surface area (Å²) in [7, 11) is 0. The fraction of sp³-hybridized carbons (Fsp3) is 0.640. The zero-order valence-corrected chi connectivity index (χ0v) is 19.5. The molecule has 4 atom stereocenters. The molecule has 1 aliphatic heterocycles. The largest absolute Gasteiger partial charge is 0.460 e. The molecule has 32 heavy (non-hydrogen) atoms. The van der Waals surface area contributed by atoms with Crippen LogP contribution in [-0.2, 0) is 14.3 Å². The molecule has 7 heteroatoms. The molecule has 2 aliphatic carbocycles. The van der Waals surface area contributed by atoms with Crippen LogP contribution in [-0.4, -0.2) is 48.2 Å². The number of hydrogen-bond donors (Lipinski definition) is 1. The molecule has 2 bridgehead atoms. The lowest BCUT2D eigenvalue weighted by atomic mass is 9.70. The lowest BCUT2D eigenvalue weighted by molar-refractivity contribution is -0.161. The van der Waals surface area contributed by atoms with E-state index in [1.54, 1.807) is 36.1 Å². The summed E-state index contributed by atoms with van der Waals surface area (Å²) < 4.78 is 11.0. The van der Waals surface area contributed by atoms with Crippen LogP contribution in [0.2, 0.25) is 0 Å². The van der Waals surface area contributed by atoms with Crippen molar-refractivity contribution in [2.75, 3.05) is 18.5 Å². The van der Waals surface area contributed by atoms with Gasteiger partial charge in [-0.25, -0.2) is 9.59 Å². The number of amides is 2. The first-order valence-electron chi connectivity index (χ1n) is 11.7. The molecule has 2 saturated carbocycles. The Bertz CT molecular complexity index is 913. The molecule has 0 radical (unpaired) electrons. The monoisotopic (exact) mass is 442 g/mol. The van der Waals surface area contributed by atoms with Crippen molar-refractivity contribution in [3.05, 3.63) is 29.8 Å². The van der Waals surface area contributed by atoms with Gasteiger partial charge in [0.25, 0.3) is 5.91 Å². The van der Waals surface area contributed by atoms with Gasteiger partial charge in [0, 0.05) is 12.0 Å². The number of likely N-dealkylation sites (tertiary alicyclic amines) is 1. The van der Waals surface area contributed by atoms with Crippen LogP contribution < -0.4 is 5.32 Å². The predicted octanol–water partition coefficient (Wildman–Crippen LogP) is 4.62. The molecular formula is C25H34N2O5. The number of fused-ring (bicyclic) bond motifs is 2. The third-order valence-electron chi connectivity index (χ3n) is 8.43. The van der Waals surface area contributed by atoms with Gasteiger partial charge < -0.3 is 14.4 Å². The van der Waals surface area contributed by atoms with E-state index in [4.69, 9.17) is 9.47 Å². The first-order chi connectivity index (χ1) is 15.2. The average molecular weight is 443 g/mol. The van der Waals surface area contributed by atoms with Crippen LogP contribution in [0.5, 0.6) is 0 Å². The second-order valence-electron chi connectivity index (χ2n) is 10.1. The molecular weight excluding hydrogens is 408 g/mol. The van der Waals surface area contributed by atoms with Crippen molar-refractivity contribution in [2.24, 2.45) is 16.7 Å². The number of nitrogens with one attached hydrogen (secondary N) is 1. The Morgan fingerprint density at radius 1 is 1.16 bits per heavy atom. The van der Waals surface area contributed by atoms with Crippen molar-refractivity contribution < 1.29 is 23.9 Å². The second kappa shape index (κ2) is 8.41. The number of ether oxygens (including phenoxy) is 2.